The molecule has 2 fully saturated rings. The van der Waals surface area contributed by atoms with E-state index in [-0.39, 0.29) is 11.1 Å². The Balaban J connectivity index is 1.41. The van der Waals surface area contributed by atoms with Gasteiger partial charge in [0.05, 0.1) is 11.1 Å². The van der Waals surface area contributed by atoms with Gasteiger partial charge in [-0.3, -0.25) is 0 Å². The van der Waals surface area contributed by atoms with Gasteiger partial charge in [-0.05, 0) is 24.3 Å². The molecule has 39 heavy (non-hydrogen) atoms. The molecular weight excluding hydrogens is 520 g/mol. The van der Waals surface area contributed by atoms with Crippen LogP contribution in [0, 0.1) is 0 Å². The van der Waals surface area contributed by atoms with Crippen LogP contribution in [0.5, 0.6) is 0 Å². The van der Waals surface area contributed by atoms with E-state index in [2.05, 4.69) is 0 Å². The van der Waals surface area contributed by atoms with Crippen molar-refractivity contribution in [3.8, 4) is 0 Å². The summed E-state index contributed by atoms with van der Waals surface area (Å²) in [5, 5.41) is 62.3. The predicted octanol–water partition coefficient (Wildman–Crippen LogP) is -1.67. The van der Waals surface area contributed by atoms with Crippen LogP contribution in [-0.2, 0) is 23.7 Å². The number of esters is 2. The lowest BCUT2D eigenvalue weighted by Gasteiger charge is -2.43. The summed E-state index contributed by atoms with van der Waals surface area (Å²) in [5.41, 5.74) is 0.464. The second kappa shape index (κ2) is 12.5. The van der Waals surface area contributed by atoms with Gasteiger partial charge in [-0.1, -0.05) is 36.4 Å². The zero-order chi connectivity index (χ0) is 28.2. The Kier molecular flexibility index (Phi) is 9.27. The van der Waals surface area contributed by atoms with Gasteiger partial charge in [-0.15, -0.1) is 0 Å². The van der Waals surface area contributed by atoms with Crippen LogP contribution in [0.1, 0.15) is 20.7 Å². The molecule has 2 aliphatic heterocycles. The SMILES string of the molecule is O=C(OCC1OC(OC2(CO)OC(COC(=O)c3ccccc3)C(O)C2O)C(O)C(O)C1O)c1ccccc1. The number of hydrogen-bond donors (Lipinski definition) is 6. The van der Waals surface area contributed by atoms with E-state index in [1.54, 1.807) is 36.4 Å². The molecule has 0 aliphatic carbocycles. The van der Waals surface area contributed by atoms with Crippen LogP contribution < -0.4 is 0 Å². The molecule has 0 saturated carbocycles. The lowest BCUT2D eigenvalue weighted by Crippen LogP contribution is -2.62. The highest BCUT2D eigenvalue weighted by atomic mass is 16.8. The topological polar surface area (TPSA) is 202 Å². The number of hydrogen-bond acceptors (Lipinski definition) is 13. The van der Waals surface area contributed by atoms with Crippen LogP contribution in [0.25, 0.3) is 0 Å². The molecule has 9 unspecified atom stereocenters. The molecule has 2 saturated heterocycles. The van der Waals surface area contributed by atoms with Gasteiger partial charge in [0, 0.05) is 0 Å². The molecule has 0 spiro atoms. The summed E-state index contributed by atoms with van der Waals surface area (Å²) < 4.78 is 26.9. The maximum atomic E-state index is 12.3. The van der Waals surface area contributed by atoms with Crippen molar-refractivity contribution in [2.24, 2.45) is 0 Å². The largest absolute Gasteiger partial charge is 0.459 e. The monoisotopic (exact) mass is 550 g/mol. The summed E-state index contributed by atoms with van der Waals surface area (Å²) in [4.78, 5) is 24.5. The Morgan fingerprint density at radius 1 is 0.718 bits per heavy atom. The van der Waals surface area contributed by atoms with Crippen molar-refractivity contribution >= 4 is 11.9 Å². The fraction of sp³-hybridized carbons (Fsp3) is 0.462. The summed E-state index contributed by atoms with van der Waals surface area (Å²) in [6.45, 7) is -2.12. The van der Waals surface area contributed by atoms with Crippen molar-refractivity contribution in [3.05, 3.63) is 71.8 Å². The van der Waals surface area contributed by atoms with E-state index in [0.717, 1.165) is 0 Å². The molecule has 9 atom stereocenters. The quantitative estimate of drug-likeness (QED) is 0.194. The standard InChI is InChI=1S/C26H30O13/c27-13-26(22(32)19(29)17(38-26)12-36-24(34)15-9-5-2-6-10-15)39-25-21(31)20(30)18(28)16(37-25)11-35-23(33)14-7-3-1-4-8-14/h1-10,16-22,25,27-32H,11-13H2. The van der Waals surface area contributed by atoms with Gasteiger partial charge < -0.3 is 54.3 Å². The number of benzene rings is 2. The summed E-state index contributed by atoms with van der Waals surface area (Å²) in [7, 11) is 0. The van der Waals surface area contributed by atoms with Crippen molar-refractivity contribution in [3.63, 3.8) is 0 Å². The summed E-state index contributed by atoms with van der Waals surface area (Å²) in [6.07, 6.45) is -13.6. The number of rotatable bonds is 9. The van der Waals surface area contributed by atoms with Crippen LogP contribution in [-0.4, -0.2) is 117 Å². The Morgan fingerprint density at radius 3 is 1.74 bits per heavy atom. The second-order valence-corrected chi connectivity index (χ2v) is 9.12. The highest BCUT2D eigenvalue weighted by molar-refractivity contribution is 5.89. The van der Waals surface area contributed by atoms with Crippen LogP contribution in [0.3, 0.4) is 0 Å². The van der Waals surface area contributed by atoms with Gasteiger partial charge in [0.25, 0.3) is 0 Å². The van der Waals surface area contributed by atoms with Gasteiger partial charge in [0.1, 0.15) is 62.5 Å². The van der Waals surface area contributed by atoms with Crippen LogP contribution in [0.15, 0.2) is 60.7 Å². The molecule has 13 heteroatoms. The first-order valence-electron chi connectivity index (χ1n) is 12.1. The average Bonchev–Trinajstić information content (AvgIpc) is 3.21. The molecule has 0 amide bonds. The number of carbonyl (C=O) groups excluding carboxylic acids is 2. The molecule has 0 aromatic heterocycles. The minimum Gasteiger partial charge on any atom is -0.459 e. The van der Waals surface area contributed by atoms with Gasteiger partial charge in [0.2, 0.25) is 5.79 Å². The summed E-state index contributed by atoms with van der Waals surface area (Å²) >= 11 is 0. The number of carbonyl (C=O) groups is 2. The maximum absolute atomic E-state index is 12.3. The van der Waals surface area contributed by atoms with E-state index >= 15 is 0 Å². The van der Waals surface area contributed by atoms with E-state index in [4.69, 9.17) is 23.7 Å². The third kappa shape index (κ3) is 6.27. The Labute approximate surface area is 222 Å². The van der Waals surface area contributed by atoms with Crippen molar-refractivity contribution in [1.29, 1.82) is 0 Å². The molecule has 212 valence electrons. The molecular formula is C26H30O13. The lowest BCUT2D eigenvalue weighted by molar-refractivity contribution is -0.383. The fourth-order valence-corrected chi connectivity index (χ4v) is 4.24. The molecule has 2 aliphatic rings. The molecule has 0 radical (unpaired) electrons. The van der Waals surface area contributed by atoms with Gasteiger partial charge in [0.15, 0.2) is 6.29 Å². The number of ether oxygens (including phenoxy) is 5. The van der Waals surface area contributed by atoms with Crippen LogP contribution in [0.4, 0.5) is 0 Å². The van der Waals surface area contributed by atoms with Gasteiger partial charge >= 0.3 is 11.9 Å². The van der Waals surface area contributed by atoms with E-state index < -0.39 is 86.6 Å². The van der Waals surface area contributed by atoms with Crippen molar-refractivity contribution in [1.82, 2.24) is 0 Å². The highest BCUT2D eigenvalue weighted by Crippen LogP contribution is 2.36. The summed E-state index contributed by atoms with van der Waals surface area (Å²) in [6, 6.07) is 16.0. The molecule has 2 aromatic carbocycles. The molecule has 0 bridgehead atoms. The normalized spacial score (nSPS) is 34.4. The van der Waals surface area contributed by atoms with Gasteiger partial charge in [-0.25, -0.2) is 9.59 Å². The predicted molar refractivity (Wildman–Crippen MR) is 128 cm³/mol. The smallest absolute Gasteiger partial charge is 0.338 e. The zero-order valence-electron chi connectivity index (χ0n) is 20.6. The zero-order valence-corrected chi connectivity index (χ0v) is 20.6. The van der Waals surface area contributed by atoms with Crippen LogP contribution in [0.2, 0.25) is 0 Å². The number of aliphatic hydroxyl groups excluding tert-OH is 6. The molecule has 2 heterocycles. The van der Waals surface area contributed by atoms with Gasteiger partial charge in [-0.2, -0.15) is 0 Å². The first-order chi connectivity index (χ1) is 18.7. The molecule has 4 rings (SSSR count). The van der Waals surface area contributed by atoms with Crippen molar-refractivity contribution in [2.45, 2.75) is 54.8 Å². The average molecular weight is 551 g/mol. The van der Waals surface area contributed by atoms with E-state index in [1.807, 2.05) is 0 Å². The Bertz CT molecular complexity index is 1100. The fourth-order valence-electron chi connectivity index (χ4n) is 4.24. The molecule has 6 N–H and O–H groups in total. The maximum Gasteiger partial charge on any atom is 0.338 e. The molecule has 13 nitrogen and oxygen atoms in total. The third-order valence-electron chi connectivity index (χ3n) is 6.49. The number of aliphatic hydroxyl groups is 6. The Morgan fingerprint density at radius 2 is 1.23 bits per heavy atom. The minimum absolute atomic E-state index is 0.228. The second-order valence-electron chi connectivity index (χ2n) is 9.12. The highest BCUT2D eigenvalue weighted by Gasteiger charge is 2.58. The van der Waals surface area contributed by atoms with Crippen molar-refractivity contribution in [2.75, 3.05) is 19.8 Å². The van der Waals surface area contributed by atoms with E-state index in [1.165, 1.54) is 24.3 Å². The van der Waals surface area contributed by atoms with Crippen LogP contribution >= 0.6 is 0 Å². The third-order valence-corrected chi connectivity index (χ3v) is 6.49. The summed E-state index contributed by atoms with van der Waals surface area (Å²) in [5.74, 6) is -3.83. The molecule has 2 aromatic rings. The Hall–Kier alpha value is -2.98. The first-order valence-corrected chi connectivity index (χ1v) is 12.1. The van der Waals surface area contributed by atoms with Crippen molar-refractivity contribution < 1.29 is 63.9 Å². The minimum atomic E-state index is -2.37. The van der Waals surface area contributed by atoms with E-state index in [9.17, 15) is 40.2 Å². The lowest BCUT2D eigenvalue weighted by atomic mass is 9.99. The van der Waals surface area contributed by atoms with E-state index in [0.29, 0.717) is 0 Å². The first kappa shape index (κ1) is 29.0.